The molecule has 0 saturated heterocycles. The fraction of sp³-hybridized carbons (Fsp3) is 0.697. The number of unbranched alkanes of at least 4 members (excludes halogenated alkanes) is 26. The molecule has 0 bridgehead atoms. The van der Waals surface area contributed by atoms with Crippen molar-refractivity contribution in [2.24, 2.45) is 0 Å². The van der Waals surface area contributed by atoms with Gasteiger partial charge >= 0.3 is 165 Å². The van der Waals surface area contributed by atoms with Crippen LogP contribution in [0.1, 0.15) is 304 Å². The summed E-state index contributed by atoms with van der Waals surface area (Å²) in [7, 11) is 0. The van der Waals surface area contributed by atoms with Crippen LogP contribution >= 0.6 is 0 Å². The molecule has 1 aliphatic heterocycles. The van der Waals surface area contributed by atoms with Crippen LogP contribution in [-0.2, 0) is 27.3 Å². The molecule has 0 spiro atoms. The van der Waals surface area contributed by atoms with Crippen molar-refractivity contribution in [1.29, 1.82) is 0 Å². The fourth-order valence-electron chi connectivity index (χ4n) is 10.3. The minimum atomic E-state index is 1.01. The molecule has 2 aromatic rings. The van der Waals surface area contributed by atoms with Gasteiger partial charge in [-0.25, -0.2) is 4.70 Å². The molecule has 394 valence electrons. The molecule has 0 aromatic heterocycles. The first-order valence-electron chi connectivity index (χ1n) is 29.7. The van der Waals surface area contributed by atoms with Crippen molar-refractivity contribution in [3.63, 3.8) is 0 Å². The maximum absolute atomic E-state index is 12.2. The van der Waals surface area contributed by atoms with Gasteiger partial charge in [0.1, 0.15) is 0 Å². The van der Waals surface area contributed by atoms with Gasteiger partial charge in [-0.2, -0.15) is 0 Å². The van der Waals surface area contributed by atoms with E-state index in [1.165, 1.54) is 248 Å². The van der Waals surface area contributed by atoms with E-state index < -0.39 is 0 Å². The van der Waals surface area contributed by atoms with Crippen LogP contribution < -0.4 is 0 Å². The zero-order chi connectivity index (χ0) is 50.3. The Bertz CT molecular complexity index is 1710. The average Bonchev–Trinajstić information content (AvgIpc) is 3.61. The third-order valence-corrected chi connectivity index (χ3v) is 15.5. The zero-order valence-corrected chi connectivity index (χ0v) is 48.3. The van der Waals surface area contributed by atoms with Crippen molar-refractivity contribution in [3.8, 4) is 0 Å². The van der Waals surface area contributed by atoms with Crippen molar-refractivity contribution in [1.82, 2.24) is 0 Å². The van der Waals surface area contributed by atoms with E-state index in [0.29, 0.717) is 0 Å². The monoisotopic (exact) mass is 989 g/mol. The fourth-order valence-corrected chi connectivity index (χ4v) is 11.1. The Morgan fingerprint density at radius 3 is 0.971 bits per heavy atom. The average molecular weight is 990 g/mol. The summed E-state index contributed by atoms with van der Waals surface area (Å²) in [5, 5.41) is 4.59. The molecule has 0 N–H and O–H groups in total. The second-order valence-electron chi connectivity index (χ2n) is 21.0. The van der Waals surface area contributed by atoms with Gasteiger partial charge in [-0.3, -0.25) is 0 Å². The van der Waals surface area contributed by atoms with Gasteiger partial charge in [-0.1, -0.05) is 92.9 Å². The van der Waals surface area contributed by atoms with Crippen LogP contribution in [0.15, 0.2) is 57.7 Å². The van der Waals surface area contributed by atoms with E-state index >= 15 is 0 Å². The molecule has 0 saturated carbocycles. The SMILES string of the molecule is CCCCCCCCC1=C(c2cc(C)c(CCCC)c(C)c2)[N+](=[N-])C(c2cc(C)c(CCCC)c(C)c2)=C1CCCC.CCCCCCCCCCCC=[CH][Ni][CH]=CCCCCCCCCCCC. The van der Waals surface area contributed by atoms with Crippen molar-refractivity contribution < 1.29 is 19.1 Å². The molecule has 0 amide bonds. The first-order chi connectivity index (χ1) is 33.7. The molecule has 0 fully saturated rings. The van der Waals surface area contributed by atoms with Gasteiger partial charge in [0.05, 0.1) is 0 Å². The third kappa shape index (κ3) is 25.6. The Hall–Kier alpha value is -2.51. The van der Waals surface area contributed by atoms with E-state index in [0.717, 1.165) is 49.9 Å². The number of rotatable bonds is 40. The van der Waals surface area contributed by atoms with Crippen LogP contribution in [0.25, 0.3) is 16.9 Å². The van der Waals surface area contributed by atoms with Crippen LogP contribution in [-0.4, -0.2) is 4.70 Å². The van der Waals surface area contributed by atoms with E-state index in [2.05, 4.69) is 116 Å². The standard InChI is InChI=1S/C40H60N2.2C13H25.Ni/c1-9-13-17-18-19-20-24-38-37(23-16-12-4)39(33-25-29(5)35(21-14-10-2)30(6)26-33)42(41)40(38)34-27-31(7)36(22-15-11-3)32(8)28-34;2*1-3-5-7-9-11-13-12-10-8-6-4-2;/h25-28H,9-24H2,1-8H3;2*1,3H,4-13H2,2H3;. The van der Waals surface area contributed by atoms with E-state index in [4.69, 9.17) is 0 Å². The normalized spacial score (nSPS) is 13.0. The Labute approximate surface area is 436 Å². The minimum Gasteiger partial charge on any atom is -0.0654 e. The van der Waals surface area contributed by atoms with Crippen molar-refractivity contribution in [2.75, 3.05) is 0 Å². The summed E-state index contributed by atoms with van der Waals surface area (Å²) in [5.41, 5.74) is 27.7. The summed E-state index contributed by atoms with van der Waals surface area (Å²) in [6.45, 7) is 22.7. The molecule has 1 heterocycles. The van der Waals surface area contributed by atoms with Gasteiger partial charge in [0.25, 0.3) is 0 Å². The summed E-state index contributed by atoms with van der Waals surface area (Å²) < 4.78 is 1.59. The van der Waals surface area contributed by atoms with Crippen LogP contribution in [0.4, 0.5) is 0 Å². The van der Waals surface area contributed by atoms with Gasteiger partial charge in [0, 0.05) is 22.3 Å². The Kier molecular flexibility index (Phi) is 37.2. The Morgan fingerprint density at radius 2 is 0.638 bits per heavy atom. The molecule has 69 heavy (non-hydrogen) atoms. The van der Waals surface area contributed by atoms with Crippen LogP contribution in [0.5, 0.6) is 0 Å². The number of allylic oxidation sites excluding steroid dienone is 4. The summed E-state index contributed by atoms with van der Waals surface area (Å²) in [5.74, 6) is 0. The molecule has 2 aromatic carbocycles. The summed E-state index contributed by atoms with van der Waals surface area (Å²) in [6.07, 6.45) is 52.1. The molecule has 0 aliphatic carbocycles. The van der Waals surface area contributed by atoms with Crippen LogP contribution in [0, 0.1) is 27.7 Å². The van der Waals surface area contributed by atoms with E-state index in [1.54, 1.807) is 19.1 Å². The zero-order valence-electron chi connectivity index (χ0n) is 47.3. The van der Waals surface area contributed by atoms with Gasteiger partial charge in [0.15, 0.2) is 0 Å². The first-order valence-corrected chi connectivity index (χ1v) is 30.9. The van der Waals surface area contributed by atoms with Crippen LogP contribution in [0.2, 0.25) is 0 Å². The Balaban J connectivity index is 0.000000525. The third-order valence-electron chi connectivity index (χ3n) is 14.6. The molecular formula is C66H110N2Ni. The van der Waals surface area contributed by atoms with Crippen molar-refractivity contribution in [3.05, 3.63) is 108 Å². The molecule has 3 rings (SSSR count). The molecular weight excluding hydrogens is 879 g/mol. The number of benzene rings is 2. The van der Waals surface area contributed by atoms with Crippen molar-refractivity contribution in [2.45, 2.75) is 300 Å². The maximum atomic E-state index is 12.2. The van der Waals surface area contributed by atoms with Gasteiger partial charge in [0.2, 0.25) is 11.4 Å². The predicted molar refractivity (Wildman–Crippen MR) is 306 cm³/mol. The Morgan fingerprint density at radius 1 is 0.362 bits per heavy atom. The predicted octanol–water partition coefficient (Wildman–Crippen LogP) is 22.7. The number of nitrogens with zero attached hydrogens (tertiary/aromatic N) is 2. The van der Waals surface area contributed by atoms with Gasteiger partial charge in [-0.15, -0.1) is 0 Å². The quantitative estimate of drug-likeness (QED) is 0.0361. The van der Waals surface area contributed by atoms with E-state index in [9.17, 15) is 5.53 Å². The first kappa shape index (κ1) is 62.6. The second-order valence-corrected chi connectivity index (χ2v) is 22.0. The van der Waals surface area contributed by atoms with E-state index in [-0.39, 0.29) is 0 Å². The van der Waals surface area contributed by atoms with Crippen molar-refractivity contribution >= 4 is 11.4 Å². The number of hydrogen-bond acceptors (Lipinski definition) is 0. The molecule has 1 aliphatic rings. The molecule has 3 heteroatoms. The van der Waals surface area contributed by atoms with Gasteiger partial charge in [-0.05, 0) is 137 Å². The summed E-state index contributed by atoms with van der Waals surface area (Å²) >= 11 is 1.67. The molecule has 0 unspecified atom stereocenters. The molecule has 0 radical (unpaired) electrons. The summed E-state index contributed by atoms with van der Waals surface area (Å²) in [6, 6.07) is 9.39. The van der Waals surface area contributed by atoms with Crippen LogP contribution in [0.3, 0.4) is 0 Å². The molecule has 2 nitrogen and oxygen atoms in total. The smallest absolute Gasteiger partial charge is 0.0654 e. The second kappa shape index (κ2) is 41.0. The molecule has 0 atom stereocenters. The number of aryl methyl sites for hydroxylation is 4. The minimum absolute atomic E-state index is 1.01. The number of hydrogen-bond donors (Lipinski definition) is 0. The van der Waals surface area contributed by atoms with E-state index in [1.807, 2.05) is 0 Å². The topological polar surface area (TPSA) is 25.3 Å². The van der Waals surface area contributed by atoms with Gasteiger partial charge < -0.3 is 5.53 Å². The summed E-state index contributed by atoms with van der Waals surface area (Å²) in [4.78, 5) is 0.